The Kier molecular flexibility index (Phi) is 10.2. The average molecular weight is 657 g/mol. The molecule has 1 heterocycles. The Labute approximate surface area is 276 Å². The number of nitrogens with zero attached hydrogens (tertiary/aromatic N) is 3. The van der Waals surface area contributed by atoms with Crippen LogP contribution in [0.15, 0.2) is 82.7 Å². The summed E-state index contributed by atoms with van der Waals surface area (Å²) in [5.74, 6) is 0.502. The zero-order valence-corrected chi connectivity index (χ0v) is 27.4. The number of hydrogen-bond acceptors (Lipinski definition) is 7. The summed E-state index contributed by atoms with van der Waals surface area (Å²) in [6.07, 6.45) is 1.47. The number of benzene rings is 4. The number of amides is 1. The number of aryl methyl sites for hydroxylation is 1. The third-order valence-corrected chi connectivity index (χ3v) is 7.62. The minimum absolute atomic E-state index is 0.0318. The average Bonchev–Trinajstić information content (AvgIpc) is 3.04. The van der Waals surface area contributed by atoms with E-state index in [1.54, 1.807) is 36.4 Å². The Morgan fingerprint density at radius 3 is 2.53 bits per heavy atom. The van der Waals surface area contributed by atoms with Gasteiger partial charge in [-0.25, -0.2) is 9.37 Å². The van der Waals surface area contributed by atoms with Crippen molar-refractivity contribution in [3.05, 3.63) is 111 Å². The smallest absolute Gasteiger partial charge is 0.282 e. The van der Waals surface area contributed by atoms with Gasteiger partial charge in [-0.15, -0.1) is 0 Å². The lowest BCUT2D eigenvalue weighted by atomic mass is 9.96. The molecule has 0 spiro atoms. The molecule has 0 unspecified atom stereocenters. The molecule has 4 aromatic carbocycles. The standard InChI is InChI=1S/C36H34ClFN4O5/c1-6-46-31-15-22(4)26(18-25(31)21(2)3)35-41-29-13-9-7-11-24(29)36(44)42(35)39-19-23-16-27(37)34(32(17-23)45-5)47-20-33(43)40-30-14-10-8-12-28(30)38/h7-19,21H,6,20H2,1-5H3,(H,40,43). The van der Waals surface area contributed by atoms with Gasteiger partial charge in [0.1, 0.15) is 11.6 Å². The third kappa shape index (κ3) is 7.28. The van der Waals surface area contributed by atoms with Crippen molar-refractivity contribution < 1.29 is 23.4 Å². The molecule has 47 heavy (non-hydrogen) atoms. The normalized spacial score (nSPS) is 11.3. The lowest BCUT2D eigenvalue weighted by Gasteiger charge is -2.18. The van der Waals surface area contributed by atoms with Crippen molar-refractivity contribution in [3.8, 4) is 28.6 Å². The van der Waals surface area contributed by atoms with Gasteiger partial charge in [0.25, 0.3) is 11.5 Å². The number of methoxy groups -OCH3 is 1. The Morgan fingerprint density at radius 2 is 1.81 bits per heavy atom. The van der Waals surface area contributed by atoms with E-state index in [9.17, 15) is 14.0 Å². The SMILES string of the molecule is CCOc1cc(C)c(-c2nc3ccccc3c(=O)n2N=Cc2cc(Cl)c(OCC(=O)Nc3ccccc3F)c(OC)c2)cc1C(C)C. The van der Waals surface area contributed by atoms with Crippen LogP contribution >= 0.6 is 11.6 Å². The summed E-state index contributed by atoms with van der Waals surface area (Å²) in [4.78, 5) is 31.1. The molecule has 0 saturated heterocycles. The predicted molar refractivity (Wildman–Crippen MR) is 183 cm³/mol. The molecule has 0 aliphatic carbocycles. The quantitative estimate of drug-likeness (QED) is 0.147. The van der Waals surface area contributed by atoms with Crippen LogP contribution in [0.25, 0.3) is 22.3 Å². The summed E-state index contributed by atoms with van der Waals surface area (Å²) in [5, 5.41) is 7.59. The van der Waals surface area contributed by atoms with Gasteiger partial charge in [0.15, 0.2) is 23.9 Å². The first-order chi connectivity index (χ1) is 22.6. The van der Waals surface area contributed by atoms with Crippen LogP contribution in [-0.4, -0.2) is 42.1 Å². The van der Waals surface area contributed by atoms with E-state index >= 15 is 0 Å². The van der Waals surface area contributed by atoms with E-state index in [2.05, 4.69) is 24.3 Å². The fourth-order valence-electron chi connectivity index (χ4n) is 5.04. The van der Waals surface area contributed by atoms with Gasteiger partial charge in [-0.3, -0.25) is 9.59 Å². The van der Waals surface area contributed by atoms with Gasteiger partial charge in [-0.2, -0.15) is 9.78 Å². The van der Waals surface area contributed by atoms with Crippen molar-refractivity contribution in [1.29, 1.82) is 0 Å². The van der Waals surface area contributed by atoms with E-state index in [1.807, 2.05) is 32.0 Å². The van der Waals surface area contributed by atoms with Crippen LogP contribution in [0.3, 0.4) is 0 Å². The largest absolute Gasteiger partial charge is 0.494 e. The number of ether oxygens (including phenoxy) is 3. The number of carbonyl (C=O) groups is 1. The van der Waals surface area contributed by atoms with Crippen LogP contribution in [0.2, 0.25) is 5.02 Å². The molecular formula is C36H34ClFN4O5. The van der Waals surface area contributed by atoms with Gasteiger partial charge in [-0.05, 0) is 85.0 Å². The molecule has 11 heteroatoms. The van der Waals surface area contributed by atoms with Crippen LogP contribution in [-0.2, 0) is 4.79 Å². The van der Waals surface area contributed by atoms with Gasteiger partial charge < -0.3 is 19.5 Å². The topological polar surface area (TPSA) is 104 Å². The number of hydrogen-bond donors (Lipinski definition) is 1. The first kappa shape index (κ1) is 33.2. The molecule has 242 valence electrons. The van der Waals surface area contributed by atoms with Crippen LogP contribution in [0.5, 0.6) is 17.2 Å². The Morgan fingerprint density at radius 1 is 1.06 bits per heavy atom. The van der Waals surface area contributed by atoms with Crippen molar-refractivity contribution in [1.82, 2.24) is 9.66 Å². The molecule has 0 aliphatic rings. The molecule has 1 N–H and O–H groups in total. The van der Waals surface area contributed by atoms with Crippen molar-refractivity contribution in [3.63, 3.8) is 0 Å². The zero-order chi connectivity index (χ0) is 33.7. The molecule has 5 aromatic rings. The molecular weight excluding hydrogens is 623 g/mol. The molecule has 1 aromatic heterocycles. The second kappa shape index (κ2) is 14.5. The number of para-hydroxylation sites is 2. The highest BCUT2D eigenvalue weighted by Gasteiger charge is 2.19. The minimum atomic E-state index is -0.584. The van der Waals surface area contributed by atoms with Crippen molar-refractivity contribution in [2.45, 2.75) is 33.6 Å². The molecule has 1 amide bonds. The lowest BCUT2D eigenvalue weighted by molar-refractivity contribution is -0.118. The number of nitrogens with one attached hydrogen (secondary N) is 1. The highest BCUT2D eigenvalue weighted by atomic mass is 35.5. The molecule has 0 radical (unpaired) electrons. The van der Waals surface area contributed by atoms with Crippen LogP contribution in [0.4, 0.5) is 10.1 Å². The first-order valence-electron chi connectivity index (χ1n) is 15.0. The summed E-state index contributed by atoms with van der Waals surface area (Å²) in [5.41, 5.74) is 3.32. The predicted octanol–water partition coefficient (Wildman–Crippen LogP) is 7.59. The fourth-order valence-corrected chi connectivity index (χ4v) is 5.31. The fraction of sp³-hybridized carbons (Fsp3) is 0.222. The third-order valence-electron chi connectivity index (χ3n) is 7.34. The summed E-state index contributed by atoms with van der Waals surface area (Å²) < 4.78 is 32.3. The maximum absolute atomic E-state index is 13.9. The van der Waals surface area contributed by atoms with E-state index < -0.39 is 18.3 Å². The second-order valence-electron chi connectivity index (χ2n) is 11.0. The summed E-state index contributed by atoms with van der Waals surface area (Å²) in [6, 6.07) is 20.1. The van der Waals surface area contributed by atoms with E-state index in [1.165, 1.54) is 36.2 Å². The van der Waals surface area contributed by atoms with E-state index in [-0.39, 0.29) is 33.7 Å². The van der Waals surface area contributed by atoms with Gasteiger partial charge in [0.05, 0.1) is 41.5 Å². The van der Waals surface area contributed by atoms with Crippen molar-refractivity contribution in [2.24, 2.45) is 5.10 Å². The maximum Gasteiger partial charge on any atom is 0.282 e. The zero-order valence-electron chi connectivity index (χ0n) is 26.6. The number of aromatic nitrogens is 2. The monoisotopic (exact) mass is 656 g/mol. The molecule has 0 aliphatic heterocycles. The van der Waals surface area contributed by atoms with Crippen LogP contribution in [0, 0.1) is 12.7 Å². The van der Waals surface area contributed by atoms with E-state index in [4.69, 9.17) is 30.8 Å². The van der Waals surface area contributed by atoms with Gasteiger partial charge >= 0.3 is 0 Å². The molecule has 0 saturated carbocycles. The summed E-state index contributed by atoms with van der Waals surface area (Å²) >= 11 is 6.56. The number of carbonyl (C=O) groups excluding carboxylic acids is 1. The minimum Gasteiger partial charge on any atom is -0.494 e. The second-order valence-corrected chi connectivity index (χ2v) is 11.4. The Bertz CT molecular complexity index is 2040. The molecule has 9 nitrogen and oxygen atoms in total. The Balaban J connectivity index is 1.51. The van der Waals surface area contributed by atoms with Gasteiger partial charge in [0.2, 0.25) is 0 Å². The maximum atomic E-state index is 13.9. The summed E-state index contributed by atoms with van der Waals surface area (Å²) in [6.45, 7) is 8.12. The molecule has 5 rings (SSSR count). The van der Waals surface area contributed by atoms with Crippen molar-refractivity contribution >= 4 is 40.3 Å². The van der Waals surface area contributed by atoms with Crippen LogP contribution in [0.1, 0.15) is 43.4 Å². The van der Waals surface area contributed by atoms with E-state index in [0.29, 0.717) is 28.9 Å². The Hall–Kier alpha value is -5.22. The van der Waals surface area contributed by atoms with Gasteiger partial charge in [-0.1, -0.05) is 49.7 Å². The number of anilines is 1. The number of rotatable bonds is 11. The van der Waals surface area contributed by atoms with Crippen LogP contribution < -0.4 is 25.1 Å². The first-order valence-corrected chi connectivity index (χ1v) is 15.4. The summed E-state index contributed by atoms with van der Waals surface area (Å²) in [7, 11) is 1.43. The highest BCUT2D eigenvalue weighted by Crippen LogP contribution is 2.37. The molecule has 0 fully saturated rings. The number of fused-ring (bicyclic) bond motifs is 1. The number of halogens is 2. The molecule has 0 atom stereocenters. The van der Waals surface area contributed by atoms with Gasteiger partial charge in [0, 0.05) is 5.56 Å². The van der Waals surface area contributed by atoms with Crippen molar-refractivity contribution in [2.75, 3.05) is 25.6 Å². The molecule has 0 bridgehead atoms. The highest BCUT2D eigenvalue weighted by molar-refractivity contribution is 6.32. The lowest BCUT2D eigenvalue weighted by Crippen LogP contribution is -2.21. The van der Waals surface area contributed by atoms with E-state index in [0.717, 1.165) is 22.4 Å².